The van der Waals surface area contributed by atoms with Crippen molar-refractivity contribution < 1.29 is 14.3 Å². The van der Waals surface area contributed by atoms with E-state index in [-0.39, 0.29) is 5.97 Å². The number of carbonyl (C=O) groups excluding carboxylic acids is 1. The van der Waals surface area contributed by atoms with Crippen molar-refractivity contribution in [3.63, 3.8) is 0 Å². The summed E-state index contributed by atoms with van der Waals surface area (Å²) < 4.78 is 10.8. The van der Waals surface area contributed by atoms with Crippen LogP contribution < -0.4 is 10.1 Å². The molecule has 0 spiro atoms. The maximum absolute atomic E-state index is 12.0. The number of nitrogens with one attached hydrogen (secondary N) is 1. The predicted molar refractivity (Wildman–Crippen MR) is 111 cm³/mol. The number of aromatic nitrogens is 1. The largest absolute Gasteiger partial charge is 0.493 e. The van der Waals surface area contributed by atoms with Crippen LogP contribution in [0.15, 0.2) is 48.1 Å². The van der Waals surface area contributed by atoms with Crippen LogP contribution in [0.25, 0.3) is 11.1 Å². The Hall–Kier alpha value is -2.86. The number of hydrogen-bond donors (Lipinski definition) is 1. The predicted octanol–water partition coefficient (Wildman–Crippen LogP) is 4.88. The lowest BCUT2D eigenvalue weighted by Gasteiger charge is -2.27. The van der Waals surface area contributed by atoms with Crippen molar-refractivity contribution in [2.24, 2.45) is 0 Å². The molecule has 0 saturated carbocycles. The molecule has 0 aliphatic carbocycles. The summed E-state index contributed by atoms with van der Waals surface area (Å²) >= 11 is 1.75. The summed E-state index contributed by atoms with van der Waals surface area (Å²) in [6.45, 7) is 3.52. The minimum Gasteiger partial charge on any atom is -0.493 e. The number of aryl methyl sites for hydroxylation is 1. The molecule has 1 aliphatic heterocycles. The molecular weight excluding hydrogens is 372 g/mol. The summed E-state index contributed by atoms with van der Waals surface area (Å²) in [6.07, 6.45) is 4.18. The van der Waals surface area contributed by atoms with E-state index in [1.807, 2.05) is 0 Å². The fourth-order valence-corrected chi connectivity index (χ4v) is 4.30. The molecule has 28 heavy (non-hydrogen) atoms. The van der Waals surface area contributed by atoms with E-state index in [1.165, 1.54) is 28.7 Å². The second-order valence-electron chi connectivity index (χ2n) is 6.77. The van der Waals surface area contributed by atoms with E-state index < -0.39 is 0 Å². The molecule has 0 bridgehead atoms. The number of methoxy groups -OCH3 is 1. The summed E-state index contributed by atoms with van der Waals surface area (Å²) in [4.78, 5) is 17.4. The number of pyridine rings is 1. The Balaban J connectivity index is 1.55. The normalized spacial score (nSPS) is 15.4. The SMILES string of the molecule is COC(=O)c1ccncc1NCC1CCOc2cc(-c3ccsc3C)ccc21. The van der Waals surface area contributed by atoms with Crippen molar-refractivity contribution in [2.75, 3.05) is 25.6 Å². The van der Waals surface area contributed by atoms with Gasteiger partial charge in [0.25, 0.3) is 0 Å². The van der Waals surface area contributed by atoms with Crippen LogP contribution in [0.5, 0.6) is 5.75 Å². The average Bonchev–Trinajstić information content (AvgIpc) is 3.17. The van der Waals surface area contributed by atoms with Crippen molar-refractivity contribution in [2.45, 2.75) is 19.3 Å². The van der Waals surface area contributed by atoms with E-state index in [1.54, 1.807) is 29.8 Å². The summed E-state index contributed by atoms with van der Waals surface area (Å²) in [5, 5.41) is 5.49. The van der Waals surface area contributed by atoms with E-state index >= 15 is 0 Å². The van der Waals surface area contributed by atoms with Crippen LogP contribution in [0, 0.1) is 6.92 Å². The fraction of sp³-hybridized carbons (Fsp3) is 0.273. The standard InChI is InChI=1S/C22H22N2O3S/c1-14-17(7-10-28-14)15-3-4-18-16(6-9-27-21(18)11-15)12-24-20-13-23-8-5-19(20)22(25)26-2/h3-5,7-8,10-11,13,16,24H,6,9,12H2,1-2H3. The van der Waals surface area contributed by atoms with Crippen molar-refractivity contribution >= 4 is 23.0 Å². The van der Waals surface area contributed by atoms with Crippen molar-refractivity contribution in [3.05, 3.63) is 64.1 Å². The van der Waals surface area contributed by atoms with Crippen LogP contribution in [0.4, 0.5) is 5.69 Å². The molecular formula is C22H22N2O3S. The van der Waals surface area contributed by atoms with E-state index in [4.69, 9.17) is 9.47 Å². The second kappa shape index (κ2) is 8.02. The van der Waals surface area contributed by atoms with Crippen LogP contribution in [0.1, 0.15) is 33.1 Å². The highest BCUT2D eigenvalue weighted by Crippen LogP contribution is 2.38. The number of carbonyl (C=O) groups is 1. The third kappa shape index (κ3) is 3.60. The first-order valence-corrected chi connectivity index (χ1v) is 10.1. The zero-order valence-electron chi connectivity index (χ0n) is 15.9. The number of rotatable bonds is 5. The summed E-state index contributed by atoms with van der Waals surface area (Å²) in [6, 6.07) is 10.3. The maximum atomic E-state index is 12.0. The van der Waals surface area contributed by atoms with Crippen molar-refractivity contribution in [1.29, 1.82) is 0 Å². The van der Waals surface area contributed by atoms with Gasteiger partial charge in [-0.1, -0.05) is 12.1 Å². The Morgan fingerprint density at radius 2 is 2.25 bits per heavy atom. The molecule has 4 rings (SSSR count). The van der Waals surface area contributed by atoms with Gasteiger partial charge in [0.2, 0.25) is 0 Å². The van der Waals surface area contributed by atoms with Gasteiger partial charge in [0, 0.05) is 23.5 Å². The Kier molecular flexibility index (Phi) is 5.30. The van der Waals surface area contributed by atoms with Crippen LogP contribution in [-0.2, 0) is 4.74 Å². The molecule has 0 fully saturated rings. The highest BCUT2D eigenvalue weighted by atomic mass is 32.1. The Bertz CT molecular complexity index is 999. The molecule has 1 aromatic carbocycles. The van der Waals surface area contributed by atoms with Gasteiger partial charge in [-0.3, -0.25) is 4.98 Å². The molecule has 1 N–H and O–H groups in total. The lowest BCUT2D eigenvalue weighted by molar-refractivity contribution is 0.0601. The number of fused-ring (bicyclic) bond motifs is 1. The van der Waals surface area contributed by atoms with Gasteiger partial charge in [0.05, 0.1) is 31.2 Å². The van der Waals surface area contributed by atoms with Crippen molar-refractivity contribution in [1.82, 2.24) is 4.98 Å². The minimum atomic E-state index is -0.368. The van der Waals surface area contributed by atoms with E-state index in [0.29, 0.717) is 30.3 Å². The molecule has 3 heterocycles. The van der Waals surface area contributed by atoms with E-state index in [2.05, 4.69) is 46.9 Å². The van der Waals surface area contributed by atoms with Gasteiger partial charge in [-0.05, 0) is 53.6 Å². The first-order chi connectivity index (χ1) is 13.7. The van der Waals surface area contributed by atoms with E-state index in [0.717, 1.165) is 12.2 Å². The monoisotopic (exact) mass is 394 g/mol. The minimum absolute atomic E-state index is 0.298. The number of thiophene rings is 1. The summed E-state index contributed by atoms with van der Waals surface area (Å²) in [7, 11) is 1.38. The van der Waals surface area contributed by atoms with Gasteiger partial charge in [-0.15, -0.1) is 11.3 Å². The topological polar surface area (TPSA) is 60.5 Å². The number of esters is 1. The third-order valence-electron chi connectivity index (χ3n) is 5.11. The van der Waals surface area contributed by atoms with Gasteiger partial charge < -0.3 is 14.8 Å². The molecule has 0 amide bonds. The Morgan fingerprint density at radius 3 is 3.04 bits per heavy atom. The molecule has 1 unspecified atom stereocenters. The molecule has 1 aliphatic rings. The van der Waals surface area contributed by atoms with Crippen LogP contribution in [-0.4, -0.2) is 31.2 Å². The third-order valence-corrected chi connectivity index (χ3v) is 5.96. The first-order valence-electron chi connectivity index (χ1n) is 9.24. The van der Waals surface area contributed by atoms with Gasteiger partial charge in [0.15, 0.2) is 0 Å². The van der Waals surface area contributed by atoms with E-state index in [9.17, 15) is 4.79 Å². The molecule has 2 aromatic heterocycles. The molecule has 144 valence electrons. The Labute approximate surface area is 168 Å². The first kappa shape index (κ1) is 18.5. The summed E-state index contributed by atoms with van der Waals surface area (Å²) in [5.74, 6) is 0.876. The molecule has 0 radical (unpaired) electrons. The molecule has 3 aromatic rings. The smallest absolute Gasteiger partial charge is 0.340 e. The highest BCUT2D eigenvalue weighted by Gasteiger charge is 2.23. The molecule has 1 atom stereocenters. The maximum Gasteiger partial charge on any atom is 0.340 e. The van der Waals surface area contributed by atoms with Gasteiger partial charge >= 0.3 is 5.97 Å². The fourth-order valence-electron chi connectivity index (χ4n) is 3.58. The zero-order valence-corrected chi connectivity index (χ0v) is 16.7. The lowest BCUT2D eigenvalue weighted by atomic mass is 9.91. The lowest BCUT2D eigenvalue weighted by Crippen LogP contribution is -2.21. The molecule has 6 heteroatoms. The van der Waals surface area contributed by atoms with Crippen molar-refractivity contribution in [3.8, 4) is 16.9 Å². The van der Waals surface area contributed by atoms with Crippen LogP contribution >= 0.6 is 11.3 Å². The number of hydrogen-bond acceptors (Lipinski definition) is 6. The number of nitrogens with zero attached hydrogens (tertiary/aromatic N) is 1. The molecule has 0 saturated heterocycles. The summed E-state index contributed by atoms with van der Waals surface area (Å²) in [5.41, 5.74) is 4.82. The second-order valence-corrected chi connectivity index (χ2v) is 7.89. The quantitative estimate of drug-likeness (QED) is 0.625. The zero-order chi connectivity index (χ0) is 19.5. The van der Waals surface area contributed by atoms with Gasteiger partial charge in [-0.25, -0.2) is 4.79 Å². The molecule has 5 nitrogen and oxygen atoms in total. The highest BCUT2D eigenvalue weighted by molar-refractivity contribution is 7.10. The number of anilines is 1. The van der Waals surface area contributed by atoms with Crippen LogP contribution in [0.2, 0.25) is 0 Å². The Morgan fingerprint density at radius 1 is 1.36 bits per heavy atom. The van der Waals surface area contributed by atoms with Gasteiger partial charge in [-0.2, -0.15) is 0 Å². The number of benzene rings is 1. The number of ether oxygens (including phenoxy) is 2. The average molecular weight is 394 g/mol. The van der Waals surface area contributed by atoms with Crippen LogP contribution in [0.3, 0.4) is 0 Å². The van der Waals surface area contributed by atoms with Gasteiger partial charge in [0.1, 0.15) is 5.75 Å².